The fourth-order valence-electron chi connectivity index (χ4n) is 2.01. The van der Waals surface area contributed by atoms with E-state index in [0.717, 1.165) is 12.3 Å². The topological polar surface area (TPSA) is 106 Å². The Bertz CT molecular complexity index is 970. The lowest BCUT2D eigenvalue weighted by molar-refractivity contribution is -0.384. The van der Waals surface area contributed by atoms with Gasteiger partial charge in [0.15, 0.2) is 9.84 Å². The molecule has 0 fully saturated rings. The molecule has 0 radical (unpaired) electrons. The number of nitrogens with one attached hydrogen (secondary N) is 1. The molecule has 0 aromatic heterocycles. The Kier molecular flexibility index (Phi) is 5.55. The van der Waals surface area contributed by atoms with Gasteiger partial charge in [0.1, 0.15) is 5.02 Å². The number of amides is 1. The first kappa shape index (κ1) is 18.6. The number of halogens is 1. The summed E-state index contributed by atoms with van der Waals surface area (Å²) >= 11 is 5.72. The maximum atomic E-state index is 12.0. The fourth-order valence-corrected chi connectivity index (χ4v) is 3.04. The van der Waals surface area contributed by atoms with Crippen LogP contribution >= 0.6 is 11.6 Å². The molecule has 0 atom stereocenters. The third-order valence-corrected chi connectivity index (χ3v) is 4.61. The van der Waals surface area contributed by atoms with Crippen molar-refractivity contribution in [1.29, 1.82) is 0 Å². The highest BCUT2D eigenvalue weighted by Crippen LogP contribution is 2.25. The van der Waals surface area contributed by atoms with Crippen LogP contribution in [0.1, 0.15) is 5.56 Å². The molecule has 0 aliphatic heterocycles. The molecule has 0 spiro atoms. The van der Waals surface area contributed by atoms with E-state index in [1.807, 2.05) is 0 Å². The third kappa shape index (κ3) is 4.88. The van der Waals surface area contributed by atoms with Crippen LogP contribution in [0.15, 0.2) is 53.4 Å². The summed E-state index contributed by atoms with van der Waals surface area (Å²) in [6.07, 6.45) is 3.55. The summed E-state index contributed by atoms with van der Waals surface area (Å²) in [5.74, 6) is -0.575. The maximum Gasteiger partial charge on any atom is 0.288 e. The summed E-state index contributed by atoms with van der Waals surface area (Å²) in [6.45, 7) is 0. The van der Waals surface area contributed by atoms with Gasteiger partial charge >= 0.3 is 0 Å². The highest BCUT2D eigenvalue weighted by molar-refractivity contribution is 7.90. The van der Waals surface area contributed by atoms with Gasteiger partial charge < -0.3 is 5.32 Å². The number of hydrogen-bond donors (Lipinski definition) is 1. The number of nitro groups is 1. The van der Waals surface area contributed by atoms with E-state index >= 15 is 0 Å². The molecule has 2 rings (SSSR count). The van der Waals surface area contributed by atoms with Crippen molar-refractivity contribution >= 4 is 44.8 Å². The highest BCUT2D eigenvalue weighted by Gasteiger charge is 2.14. The predicted octanol–water partition coefficient (Wildman–Crippen LogP) is 3.30. The molecule has 1 amide bonds. The Balaban J connectivity index is 2.20. The van der Waals surface area contributed by atoms with Gasteiger partial charge in [-0.05, 0) is 29.8 Å². The van der Waals surface area contributed by atoms with Gasteiger partial charge in [-0.3, -0.25) is 14.9 Å². The van der Waals surface area contributed by atoms with Gasteiger partial charge in [-0.1, -0.05) is 29.8 Å². The molecular weight excluding hydrogens is 368 g/mol. The summed E-state index contributed by atoms with van der Waals surface area (Å²) in [4.78, 5) is 22.2. The molecule has 2 aromatic carbocycles. The molecular formula is C16H13ClN2O5S. The molecule has 7 nitrogen and oxygen atoms in total. The molecule has 0 heterocycles. The van der Waals surface area contributed by atoms with Crippen molar-refractivity contribution in [1.82, 2.24) is 0 Å². The summed E-state index contributed by atoms with van der Waals surface area (Å²) in [5.41, 5.74) is 0.288. The minimum atomic E-state index is -3.49. The van der Waals surface area contributed by atoms with Crippen LogP contribution in [0.4, 0.5) is 11.4 Å². The number of anilines is 1. The lowest BCUT2D eigenvalue weighted by Gasteiger charge is -2.07. The normalized spacial score (nSPS) is 11.4. The number of nitrogens with zero attached hydrogens (tertiary/aromatic N) is 1. The van der Waals surface area contributed by atoms with Crippen molar-refractivity contribution in [2.45, 2.75) is 4.90 Å². The second-order valence-corrected chi connectivity index (χ2v) is 7.45. The van der Waals surface area contributed by atoms with Crippen molar-refractivity contribution in [2.24, 2.45) is 0 Å². The fraction of sp³-hybridized carbons (Fsp3) is 0.0625. The molecule has 25 heavy (non-hydrogen) atoms. The number of hydrogen-bond acceptors (Lipinski definition) is 5. The van der Waals surface area contributed by atoms with Gasteiger partial charge in [0, 0.05) is 18.4 Å². The van der Waals surface area contributed by atoms with Crippen LogP contribution < -0.4 is 5.32 Å². The van der Waals surface area contributed by atoms with Crippen molar-refractivity contribution < 1.29 is 18.1 Å². The molecule has 0 saturated heterocycles. The molecule has 0 aliphatic rings. The number of carbonyl (C=O) groups excluding carboxylic acids is 1. The van der Waals surface area contributed by atoms with E-state index in [1.165, 1.54) is 36.4 Å². The Hall–Kier alpha value is -2.71. The zero-order chi connectivity index (χ0) is 18.6. The number of benzene rings is 2. The molecule has 0 bridgehead atoms. The van der Waals surface area contributed by atoms with Crippen LogP contribution in [0.3, 0.4) is 0 Å². The second kappa shape index (κ2) is 7.45. The molecule has 2 aromatic rings. The highest BCUT2D eigenvalue weighted by atomic mass is 35.5. The average Bonchev–Trinajstić information content (AvgIpc) is 2.53. The molecule has 0 aliphatic carbocycles. The van der Waals surface area contributed by atoms with E-state index < -0.39 is 20.7 Å². The summed E-state index contributed by atoms with van der Waals surface area (Å²) < 4.78 is 23.4. The van der Waals surface area contributed by atoms with Crippen LogP contribution in [0.25, 0.3) is 6.08 Å². The summed E-state index contributed by atoms with van der Waals surface area (Å²) in [7, 11) is -3.49. The molecule has 0 unspecified atom stereocenters. The van der Waals surface area contributed by atoms with E-state index in [-0.39, 0.29) is 21.3 Å². The van der Waals surface area contributed by atoms with E-state index in [4.69, 9.17) is 11.6 Å². The minimum absolute atomic E-state index is 0.00104. The summed E-state index contributed by atoms with van der Waals surface area (Å²) in [6, 6.07) is 10.1. The Morgan fingerprint density at radius 2 is 1.92 bits per heavy atom. The van der Waals surface area contributed by atoms with Crippen molar-refractivity contribution in [3.05, 3.63) is 69.2 Å². The molecule has 9 heteroatoms. The maximum absolute atomic E-state index is 12.0. The van der Waals surface area contributed by atoms with E-state index in [1.54, 1.807) is 12.1 Å². The van der Waals surface area contributed by atoms with Crippen molar-refractivity contribution in [3.63, 3.8) is 0 Å². The average molecular weight is 381 g/mol. The van der Waals surface area contributed by atoms with Gasteiger partial charge in [0.2, 0.25) is 5.91 Å². The number of nitro benzene ring substituents is 1. The number of carbonyl (C=O) groups is 1. The lowest BCUT2D eigenvalue weighted by Crippen LogP contribution is -2.11. The van der Waals surface area contributed by atoms with Crippen LogP contribution in [-0.4, -0.2) is 25.5 Å². The lowest BCUT2D eigenvalue weighted by atomic mass is 10.2. The van der Waals surface area contributed by atoms with Crippen molar-refractivity contribution in [3.8, 4) is 0 Å². The first-order chi connectivity index (χ1) is 11.7. The van der Waals surface area contributed by atoms with Crippen molar-refractivity contribution in [2.75, 3.05) is 11.6 Å². The first-order valence-corrected chi connectivity index (χ1v) is 9.17. The molecule has 130 valence electrons. The summed E-state index contributed by atoms with van der Waals surface area (Å²) in [5, 5.41) is 13.3. The largest absolute Gasteiger partial charge is 0.321 e. The van der Waals surface area contributed by atoms with Gasteiger partial charge in [-0.15, -0.1) is 0 Å². The third-order valence-electron chi connectivity index (χ3n) is 3.14. The van der Waals surface area contributed by atoms with Crippen LogP contribution in [0.5, 0.6) is 0 Å². The monoisotopic (exact) mass is 380 g/mol. The van der Waals surface area contributed by atoms with Gasteiger partial charge in [-0.2, -0.15) is 0 Å². The quantitative estimate of drug-likeness (QED) is 0.486. The van der Waals surface area contributed by atoms with E-state index in [0.29, 0.717) is 5.56 Å². The van der Waals surface area contributed by atoms with Crippen LogP contribution in [-0.2, 0) is 14.6 Å². The minimum Gasteiger partial charge on any atom is -0.321 e. The number of sulfone groups is 1. The predicted molar refractivity (Wildman–Crippen MR) is 95.3 cm³/mol. The Morgan fingerprint density at radius 1 is 1.24 bits per heavy atom. The Morgan fingerprint density at radius 3 is 2.56 bits per heavy atom. The van der Waals surface area contributed by atoms with E-state index in [9.17, 15) is 23.3 Å². The van der Waals surface area contributed by atoms with Gasteiger partial charge in [0.05, 0.1) is 15.5 Å². The Labute approximate surface area is 149 Å². The zero-order valence-corrected chi connectivity index (χ0v) is 14.5. The van der Waals surface area contributed by atoms with Gasteiger partial charge in [-0.25, -0.2) is 8.42 Å². The number of para-hydroxylation sites is 1. The zero-order valence-electron chi connectivity index (χ0n) is 13.0. The molecule has 0 saturated carbocycles. The second-order valence-electron chi connectivity index (χ2n) is 5.06. The number of rotatable bonds is 5. The van der Waals surface area contributed by atoms with E-state index in [2.05, 4.69) is 5.32 Å². The van der Waals surface area contributed by atoms with Crippen LogP contribution in [0, 0.1) is 10.1 Å². The van der Waals surface area contributed by atoms with Gasteiger partial charge in [0.25, 0.3) is 5.69 Å². The smallest absolute Gasteiger partial charge is 0.288 e. The van der Waals surface area contributed by atoms with Crippen LogP contribution in [0.2, 0.25) is 5.02 Å². The first-order valence-electron chi connectivity index (χ1n) is 6.90. The standard InChI is InChI=1S/C16H13ClN2O5S/c1-25(23,24)15-5-3-2-4-13(15)18-16(20)9-7-11-6-8-12(17)14(10-11)19(21)22/h2-10H,1H3,(H,18,20)/b9-7+. The SMILES string of the molecule is CS(=O)(=O)c1ccccc1NC(=O)/C=C/c1ccc(Cl)c([N+](=O)[O-])c1. The molecule has 1 N–H and O–H groups in total.